The van der Waals surface area contributed by atoms with E-state index < -0.39 is 10.0 Å². The van der Waals surface area contributed by atoms with Crippen LogP contribution in [0, 0.1) is 19.3 Å². The van der Waals surface area contributed by atoms with E-state index in [0.29, 0.717) is 17.8 Å². The fourth-order valence-corrected chi connectivity index (χ4v) is 4.72. The highest BCUT2D eigenvalue weighted by molar-refractivity contribution is 7.97. The highest BCUT2D eigenvalue weighted by atomic mass is 32.2. The van der Waals surface area contributed by atoms with E-state index in [4.69, 9.17) is 0 Å². The lowest BCUT2D eigenvalue weighted by Crippen LogP contribution is -2.33. The van der Waals surface area contributed by atoms with E-state index >= 15 is 0 Å². The van der Waals surface area contributed by atoms with Crippen LogP contribution < -0.4 is 10.0 Å². The molecule has 28 heavy (non-hydrogen) atoms. The van der Waals surface area contributed by atoms with Crippen molar-refractivity contribution in [2.45, 2.75) is 40.5 Å². The first-order chi connectivity index (χ1) is 13.1. The predicted molar refractivity (Wildman–Crippen MR) is 114 cm³/mol. The van der Waals surface area contributed by atoms with E-state index in [-0.39, 0.29) is 22.5 Å². The zero-order valence-corrected chi connectivity index (χ0v) is 17.5. The van der Waals surface area contributed by atoms with Crippen molar-refractivity contribution in [3.8, 4) is 0 Å². The van der Waals surface area contributed by atoms with Gasteiger partial charge in [0.2, 0.25) is 0 Å². The molecular formula is C22H26N2O3S. The Labute approximate surface area is 166 Å². The smallest absolute Gasteiger partial charge is 0.267 e. The molecule has 0 amide bonds. The Hall–Kier alpha value is -2.60. The highest BCUT2D eigenvalue weighted by Crippen LogP contribution is 2.39. The lowest BCUT2D eigenvalue weighted by atomic mass is 9.78. The van der Waals surface area contributed by atoms with Gasteiger partial charge in [-0.05, 0) is 49.9 Å². The fraction of sp³-hybridized carbons (Fsp3) is 0.318. The second kappa shape index (κ2) is 7.43. The average Bonchev–Trinajstić information content (AvgIpc) is 2.57. The van der Waals surface area contributed by atoms with Crippen molar-refractivity contribution >= 4 is 27.2 Å². The maximum Gasteiger partial charge on any atom is 0.267 e. The molecule has 6 heteroatoms. The third kappa shape index (κ3) is 4.62. The summed E-state index contributed by atoms with van der Waals surface area (Å²) in [6, 6.07) is 14.7. The van der Waals surface area contributed by atoms with Crippen LogP contribution in [0.25, 0.3) is 0 Å². The lowest BCUT2D eigenvalue weighted by molar-refractivity contribution is -0.117. The number of hydrogen-bond donors (Lipinski definition) is 2. The number of ketones is 1. The number of hydrogen-bond acceptors (Lipinski definition) is 4. The molecule has 0 radical (unpaired) electrons. The van der Waals surface area contributed by atoms with E-state index in [2.05, 4.69) is 10.0 Å². The topological polar surface area (TPSA) is 75.3 Å². The van der Waals surface area contributed by atoms with Crippen molar-refractivity contribution in [2.24, 2.45) is 5.41 Å². The standard InChI is InChI=1S/C22H26N2O3S/c1-15-5-9-17(10-6-15)23-19-13-22(3,4)14-20(25)21(19)28(26,27)24-18-11-7-16(2)8-12-18/h5-12,23-24H,13-14H2,1-4H3. The molecule has 2 N–H and O–H groups in total. The third-order valence-corrected chi connectivity index (χ3v) is 6.26. The van der Waals surface area contributed by atoms with E-state index in [1.54, 1.807) is 12.1 Å². The van der Waals surface area contributed by atoms with Gasteiger partial charge in [0.15, 0.2) is 5.78 Å². The van der Waals surface area contributed by atoms with Crippen molar-refractivity contribution in [3.05, 3.63) is 70.3 Å². The zero-order chi connectivity index (χ0) is 20.5. The molecule has 2 aromatic rings. The summed E-state index contributed by atoms with van der Waals surface area (Å²) in [5.74, 6) is -0.370. The number of rotatable bonds is 5. The van der Waals surface area contributed by atoms with Crippen LogP contribution in [0.3, 0.4) is 0 Å². The molecule has 0 bridgehead atoms. The van der Waals surface area contributed by atoms with Gasteiger partial charge in [0.1, 0.15) is 4.91 Å². The Kier molecular flexibility index (Phi) is 5.35. The summed E-state index contributed by atoms with van der Waals surface area (Å²) >= 11 is 0. The largest absolute Gasteiger partial charge is 0.358 e. The number of carbonyl (C=O) groups is 1. The first-order valence-corrected chi connectivity index (χ1v) is 10.7. The average molecular weight is 399 g/mol. The molecule has 0 saturated carbocycles. The van der Waals surface area contributed by atoms with Crippen LogP contribution in [0.1, 0.15) is 37.8 Å². The highest BCUT2D eigenvalue weighted by Gasteiger charge is 2.39. The van der Waals surface area contributed by atoms with Gasteiger partial charge in [-0.25, -0.2) is 8.42 Å². The second-order valence-corrected chi connectivity index (χ2v) is 9.83. The minimum Gasteiger partial charge on any atom is -0.358 e. The Balaban J connectivity index is 2.02. The lowest BCUT2D eigenvalue weighted by Gasteiger charge is -2.32. The Bertz CT molecular complexity index is 1020. The molecule has 5 nitrogen and oxygen atoms in total. The molecule has 1 aliphatic rings. The number of anilines is 2. The molecule has 0 heterocycles. The monoisotopic (exact) mass is 398 g/mol. The van der Waals surface area contributed by atoms with Gasteiger partial charge in [-0.15, -0.1) is 0 Å². The van der Waals surface area contributed by atoms with E-state index in [1.165, 1.54) is 0 Å². The second-order valence-electron chi connectivity index (χ2n) is 8.21. The van der Waals surface area contributed by atoms with Gasteiger partial charge in [0.05, 0.1) is 0 Å². The molecular weight excluding hydrogens is 372 g/mol. The molecule has 0 unspecified atom stereocenters. The van der Waals surface area contributed by atoms with Crippen LogP contribution in [0.15, 0.2) is 59.1 Å². The van der Waals surface area contributed by atoms with Gasteiger partial charge in [-0.1, -0.05) is 49.2 Å². The van der Waals surface area contributed by atoms with E-state index in [0.717, 1.165) is 16.8 Å². The number of allylic oxidation sites excluding steroid dienone is 2. The van der Waals surface area contributed by atoms with Gasteiger partial charge in [-0.2, -0.15) is 0 Å². The Morgan fingerprint density at radius 3 is 1.86 bits per heavy atom. The molecule has 0 aliphatic heterocycles. The van der Waals surface area contributed by atoms with Crippen LogP contribution in [-0.4, -0.2) is 14.2 Å². The number of nitrogens with one attached hydrogen (secondary N) is 2. The number of carbonyl (C=O) groups excluding carboxylic acids is 1. The molecule has 0 saturated heterocycles. The van der Waals surface area contributed by atoms with Crippen molar-refractivity contribution in [3.63, 3.8) is 0 Å². The summed E-state index contributed by atoms with van der Waals surface area (Å²) in [7, 11) is -4.01. The first kappa shape index (κ1) is 20.1. The van der Waals surface area contributed by atoms with Crippen LogP contribution in [0.2, 0.25) is 0 Å². The summed E-state index contributed by atoms with van der Waals surface area (Å²) in [5, 5.41) is 3.18. The Morgan fingerprint density at radius 1 is 0.821 bits per heavy atom. The minimum atomic E-state index is -4.01. The SMILES string of the molecule is Cc1ccc(NC2=C(S(=O)(=O)Nc3ccc(C)cc3)C(=O)CC(C)(C)C2)cc1. The Morgan fingerprint density at radius 2 is 1.32 bits per heavy atom. The third-order valence-electron chi connectivity index (χ3n) is 4.74. The molecule has 0 atom stereocenters. The molecule has 2 aromatic carbocycles. The number of aryl methyl sites for hydroxylation is 2. The predicted octanol–water partition coefficient (Wildman–Crippen LogP) is 4.76. The first-order valence-electron chi connectivity index (χ1n) is 9.25. The van der Waals surface area contributed by atoms with Gasteiger partial charge >= 0.3 is 0 Å². The molecule has 3 rings (SSSR count). The van der Waals surface area contributed by atoms with Crippen molar-refractivity contribution in [2.75, 3.05) is 10.0 Å². The number of Topliss-reactive ketones (excluding diaryl/α,β-unsaturated/α-hetero) is 1. The van der Waals surface area contributed by atoms with E-state index in [9.17, 15) is 13.2 Å². The maximum atomic E-state index is 13.1. The number of sulfonamides is 1. The van der Waals surface area contributed by atoms with Crippen molar-refractivity contribution < 1.29 is 13.2 Å². The fourth-order valence-electron chi connectivity index (χ4n) is 3.36. The quantitative estimate of drug-likeness (QED) is 0.761. The van der Waals surface area contributed by atoms with Crippen molar-refractivity contribution in [1.29, 1.82) is 0 Å². The molecule has 1 aliphatic carbocycles. The maximum absolute atomic E-state index is 13.1. The van der Waals surface area contributed by atoms with Crippen molar-refractivity contribution in [1.82, 2.24) is 0 Å². The van der Waals surface area contributed by atoms with Crippen LogP contribution in [-0.2, 0) is 14.8 Å². The summed E-state index contributed by atoms with van der Waals surface area (Å²) < 4.78 is 28.7. The van der Waals surface area contributed by atoms with Crippen LogP contribution in [0.5, 0.6) is 0 Å². The summed E-state index contributed by atoms with van der Waals surface area (Å²) in [6.45, 7) is 7.85. The van der Waals surface area contributed by atoms with Gasteiger partial charge in [0, 0.05) is 23.5 Å². The van der Waals surface area contributed by atoms with Crippen LogP contribution >= 0.6 is 0 Å². The molecule has 0 spiro atoms. The van der Waals surface area contributed by atoms with Gasteiger partial charge < -0.3 is 5.32 Å². The summed E-state index contributed by atoms with van der Waals surface area (Å²) in [4.78, 5) is 12.7. The molecule has 0 fully saturated rings. The van der Waals surface area contributed by atoms with E-state index in [1.807, 2.05) is 64.1 Å². The summed E-state index contributed by atoms with van der Waals surface area (Å²) in [6.07, 6.45) is 0.660. The number of benzene rings is 2. The van der Waals surface area contributed by atoms with Crippen LogP contribution in [0.4, 0.5) is 11.4 Å². The zero-order valence-electron chi connectivity index (χ0n) is 16.7. The normalized spacial score (nSPS) is 16.8. The molecule has 0 aromatic heterocycles. The van der Waals surface area contributed by atoms with Gasteiger partial charge in [-0.3, -0.25) is 9.52 Å². The summed E-state index contributed by atoms with van der Waals surface area (Å²) in [5.41, 5.74) is 3.45. The minimum absolute atomic E-state index is 0.173. The van der Waals surface area contributed by atoms with Gasteiger partial charge in [0.25, 0.3) is 10.0 Å². The molecule has 148 valence electrons.